The molecule has 0 spiro atoms. The van der Waals surface area contributed by atoms with Gasteiger partial charge in [0.1, 0.15) is 4.90 Å². The Kier molecular flexibility index (Phi) is 3.50. The molecule has 0 heterocycles. The first-order chi connectivity index (χ1) is 6.76. The first kappa shape index (κ1) is 12.6. The van der Waals surface area contributed by atoms with Gasteiger partial charge < -0.3 is 5.11 Å². The second-order valence-electron chi connectivity index (χ2n) is 3.02. The fourth-order valence-electron chi connectivity index (χ4n) is 0.936. The summed E-state index contributed by atoms with van der Waals surface area (Å²) in [5.41, 5.74) is 0. The van der Waals surface area contributed by atoms with Gasteiger partial charge in [0.25, 0.3) is 0 Å². The molecule has 0 saturated carbocycles. The molecule has 0 atom stereocenters. The van der Waals surface area contributed by atoms with Crippen LogP contribution in [0.25, 0.3) is 0 Å². The number of nitrogens with zero attached hydrogens (tertiary/aromatic N) is 1. The zero-order valence-corrected chi connectivity index (χ0v) is 10.4. The van der Waals surface area contributed by atoms with E-state index in [-0.39, 0.29) is 14.9 Å². The number of hydrogen-bond acceptors (Lipinski definition) is 3. The summed E-state index contributed by atoms with van der Waals surface area (Å²) in [7, 11) is -1.04. The minimum absolute atomic E-state index is 0.0945. The smallest absolute Gasteiger partial charge is 0.246 e. The molecular formula is C8H9Cl2NO3S. The molecule has 0 saturated heterocycles. The lowest BCUT2D eigenvalue weighted by Gasteiger charge is -2.13. The minimum Gasteiger partial charge on any atom is -0.505 e. The summed E-state index contributed by atoms with van der Waals surface area (Å²) < 4.78 is 24.4. The van der Waals surface area contributed by atoms with E-state index in [2.05, 4.69) is 0 Å². The van der Waals surface area contributed by atoms with Crippen LogP contribution in [0.5, 0.6) is 5.75 Å². The zero-order chi connectivity index (χ0) is 11.8. The molecule has 4 nitrogen and oxygen atoms in total. The first-order valence-corrected chi connectivity index (χ1v) is 6.07. The number of phenolic OH excluding ortho intramolecular Hbond substituents is 1. The van der Waals surface area contributed by atoms with Gasteiger partial charge in [-0.15, -0.1) is 0 Å². The normalized spacial score (nSPS) is 12.1. The van der Waals surface area contributed by atoms with Crippen LogP contribution in [0, 0.1) is 0 Å². The summed E-state index contributed by atoms with van der Waals surface area (Å²) in [5.74, 6) is -0.491. The van der Waals surface area contributed by atoms with Crippen molar-refractivity contribution in [3.63, 3.8) is 0 Å². The van der Waals surface area contributed by atoms with Gasteiger partial charge in [-0.2, -0.15) is 0 Å². The van der Waals surface area contributed by atoms with Crippen molar-refractivity contribution in [3.8, 4) is 5.75 Å². The summed E-state index contributed by atoms with van der Waals surface area (Å²) in [4.78, 5) is -0.301. The molecule has 7 heteroatoms. The number of rotatable bonds is 2. The molecule has 84 valence electrons. The third kappa shape index (κ3) is 2.36. The zero-order valence-electron chi connectivity index (χ0n) is 8.03. The molecule has 1 aromatic carbocycles. The van der Waals surface area contributed by atoms with Crippen molar-refractivity contribution in [3.05, 3.63) is 22.2 Å². The molecular weight excluding hydrogens is 261 g/mol. The van der Waals surface area contributed by atoms with Gasteiger partial charge in [-0.05, 0) is 12.1 Å². The maximum Gasteiger partial charge on any atom is 0.246 e. The van der Waals surface area contributed by atoms with Crippen molar-refractivity contribution in [2.24, 2.45) is 0 Å². The summed E-state index contributed by atoms with van der Waals surface area (Å²) in [6.45, 7) is 0. The number of sulfonamides is 1. The van der Waals surface area contributed by atoms with Gasteiger partial charge in [0, 0.05) is 19.1 Å². The van der Waals surface area contributed by atoms with Crippen molar-refractivity contribution in [1.29, 1.82) is 0 Å². The van der Waals surface area contributed by atoms with Gasteiger partial charge in [0.15, 0.2) is 5.75 Å². The second kappa shape index (κ2) is 4.17. The number of halogens is 2. The Labute approximate surface area is 98.1 Å². The lowest BCUT2D eigenvalue weighted by atomic mass is 10.3. The van der Waals surface area contributed by atoms with Gasteiger partial charge in [0.05, 0.1) is 5.02 Å². The minimum atomic E-state index is -3.74. The Morgan fingerprint density at radius 2 is 1.80 bits per heavy atom. The molecule has 0 aliphatic carbocycles. The largest absolute Gasteiger partial charge is 0.505 e. The molecule has 1 N–H and O–H groups in total. The number of benzene rings is 1. The lowest BCUT2D eigenvalue weighted by Crippen LogP contribution is -2.22. The Balaban J connectivity index is 3.52. The maximum absolute atomic E-state index is 11.7. The van der Waals surface area contributed by atoms with Crippen LogP contribution < -0.4 is 0 Å². The van der Waals surface area contributed by atoms with Crippen molar-refractivity contribution >= 4 is 33.2 Å². The van der Waals surface area contributed by atoms with Crippen LogP contribution in [0.3, 0.4) is 0 Å². The van der Waals surface area contributed by atoms with E-state index >= 15 is 0 Å². The molecule has 0 unspecified atom stereocenters. The van der Waals surface area contributed by atoms with Crippen LogP contribution in [-0.4, -0.2) is 31.9 Å². The molecule has 1 aromatic rings. The van der Waals surface area contributed by atoms with Crippen LogP contribution in [0.15, 0.2) is 17.0 Å². The summed E-state index contributed by atoms with van der Waals surface area (Å²) in [5, 5.41) is 9.57. The Hall–Kier alpha value is -0.490. The molecule has 15 heavy (non-hydrogen) atoms. The van der Waals surface area contributed by atoms with Gasteiger partial charge in [0.2, 0.25) is 10.0 Å². The van der Waals surface area contributed by atoms with Crippen LogP contribution in [0.4, 0.5) is 0 Å². The van der Waals surface area contributed by atoms with Crippen LogP contribution >= 0.6 is 23.2 Å². The van der Waals surface area contributed by atoms with E-state index in [4.69, 9.17) is 23.2 Å². The summed E-state index contributed by atoms with van der Waals surface area (Å²) in [6.07, 6.45) is 0. The second-order valence-corrected chi connectivity index (χ2v) is 5.99. The summed E-state index contributed by atoms with van der Waals surface area (Å²) >= 11 is 11.3. The van der Waals surface area contributed by atoms with Gasteiger partial charge in [-0.3, -0.25) is 0 Å². The molecule has 1 rings (SSSR count). The van der Waals surface area contributed by atoms with Crippen molar-refractivity contribution < 1.29 is 13.5 Å². The van der Waals surface area contributed by atoms with E-state index in [1.807, 2.05) is 0 Å². The Bertz CT molecular complexity index is 485. The highest BCUT2D eigenvalue weighted by Gasteiger charge is 2.23. The van der Waals surface area contributed by atoms with Crippen LogP contribution in [-0.2, 0) is 10.0 Å². The standard InChI is InChI=1S/C8H9Cl2NO3S/c1-11(2)15(13,14)7-4-5(9)3-6(10)8(7)12/h3-4,12H,1-2H3. The maximum atomic E-state index is 11.7. The number of hydrogen-bond donors (Lipinski definition) is 1. The Morgan fingerprint density at radius 3 is 2.27 bits per heavy atom. The van der Waals surface area contributed by atoms with E-state index < -0.39 is 15.8 Å². The van der Waals surface area contributed by atoms with E-state index in [9.17, 15) is 13.5 Å². The number of aromatic hydroxyl groups is 1. The average Bonchev–Trinajstić information content (AvgIpc) is 2.10. The highest BCUT2D eigenvalue weighted by atomic mass is 35.5. The average molecular weight is 270 g/mol. The monoisotopic (exact) mass is 269 g/mol. The van der Waals surface area contributed by atoms with Gasteiger partial charge >= 0.3 is 0 Å². The van der Waals surface area contributed by atoms with E-state index in [0.717, 1.165) is 10.4 Å². The first-order valence-electron chi connectivity index (χ1n) is 3.87. The fourth-order valence-corrected chi connectivity index (χ4v) is 2.57. The van der Waals surface area contributed by atoms with Gasteiger partial charge in [-0.25, -0.2) is 12.7 Å². The number of phenols is 1. The molecule has 0 aliphatic rings. The van der Waals surface area contributed by atoms with Crippen LogP contribution in [0.2, 0.25) is 10.0 Å². The lowest BCUT2D eigenvalue weighted by molar-refractivity contribution is 0.452. The predicted octanol–water partition coefficient (Wildman–Crippen LogP) is 1.95. The molecule has 0 aliphatic heterocycles. The fraction of sp³-hybridized carbons (Fsp3) is 0.250. The van der Waals surface area contributed by atoms with Crippen molar-refractivity contribution in [1.82, 2.24) is 4.31 Å². The summed E-state index contributed by atoms with van der Waals surface area (Å²) in [6, 6.07) is 2.42. The van der Waals surface area contributed by atoms with E-state index in [1.165, 1.54) is 20.2 Å². The van der Waals surface area contributed by atoms with Crippen molar-refractivity contribution in [2.75, 3.05) is 14.1 Å². The SMILES string of the molecule is CN(C)S(=O)(=O)c1cc(Cl)cc(Cl)c1O. The molecule has 0 amide bonds. The predicted molar refractivity (Wildman–Crippen MR) is 59.0 cm³/mol. The third-order valence-electron chi connectivity index (χ3n) is 1.75. The van der Waals surface area contributed by atoms with Gasteiger partial charge in [-0.1, -0.05) is 23.2 Å². The highest BCUT2D eigenvalue weighted by molar-refractivity contribution is 7.89. The van der Waals surface area contributed by atoms with Crippen LogP contribution in [0.1, 0.15) is 0 Å². The highest BCUT2D eigenvalue weighted by Crippen LogP contribution is 2.34. The molecule has 0 fully saturated rings. The molecule has 0 radical (unpaired) electrons. The van der Waals surface area contributed by atoms with Crippen molar-refractivity contribution in [2.45, 2.75) is 4.90 Å². The van der Waals surface area contributed by atoms with E-state index in [1.54, 1.807) is 0 Å². The third-order valence-corrected chi connectivity index (χ3v) is 4.09. The topological polar surface area (TPSA) is 57.6 Å². The molecule has 0 bridgehead atoms. The van der Waals surface area contributed by atoms with E-state index in [0.29, 0.717) is 0 Å². The molecule has 0 aromatic heterocycles. The Morgan fingerprint density at radius 1 is 1.27 bits per heavy atom. The quantitative estimate of drug-likeness (QED) is 0.893.